The van der Waals surface area contributed by atoms with Crippen LogP contribution in [0.5, 0.6) is 11.5 Å². The first-order chi connectivity index (χ1) is 17.3. The number of non-ortho nitro benzene ring substituents is 1. The SMILES string of the molecule is COc1cc(C=NN2C(=O)[C@@H]3[C@H](C2=O)[C@H]2C=C[C@H]3C2)cc([N+](=O)[O-])c1OCc1cccc([N+](=O)[O-])c1. The average molecular weight is 492 g/mol. The molecule has 5 rings (SSSR count). The van der Waals surface area contributed by atoms with Gasteiger partial charge in [0.25, 0.3) is 17.5 Å². The highest BCUT2D eigenvalue weighted by atomic mass is 16.6. The van der Waals surface area contributed by atoms with Crippen LogP contribution in [0.25, 0.3) is 0 Å². The summed E-state index contributed by atoms with van der Waals surface area (Å²) < 4.78 is 10.9. The molecule has 36 heavy (non-hydrogen) atoms. The van der Waals surface area contributed by atoms with Crippen LogP contribution in [-0.2, 0) is 16.2 Å². The minimum atomic E-state index is -0.664. The monoisotopic (exact) mass is 492 g/mol. The van der Waals surface area contributed by atoms with Crippen LogP contribution < -0.4 is 9.47 Å². The highest BCUT2D eigenvalue weighted by Crippen LogP contribution is 2.52. The van der Waals surface area contributed by atoms with Gasteiger partial charge in [0.2, 0.25) is 5.75 Å². The minimum Gasteiger partial charge on any atom is -0.493 e. The summed E-state index contributed by atoms with van der Waals surface area (Å²) in [7, 11) is 1.30. The van der Waals surface area contributed by atoms with Gasteiger partial charge in [0.1, 0.15) is 6.61 Å². The van der Waals surface area contributed by atoms with Gasteiger partial charge in [-0.25, -0.2) is 0 Å². The maximum atomic E-state index is 12.8. The Hall–Kier alpha value is -4.61. The van der Waals surface area contributed by atoms with Gasteiger partial charge in [0, 0.05) is 23.8 Å². The van der Waals surface area contributed by atoms with Gasteiger partial charge in [-0.05, 0) is 29.9 Å². The molecule has 0 N–H and O–H groups in total. The number of carbonyl (C=O) groups excluding carboxylic acids is 2. The Morgan fingerprint density at radius 1 is 1.06 bits per heavy atom. The first-order valence-electron chi connectivity index (χ1n) is 11.1. The largest absolute Gasteiger partial charge is 0.493 e. The number of hydrogen-bond donors (Lipinski definition) is 0. The Kier molecular flexibility index (Phi) is 5.71. The van der Waals surface area contributed by atoms with Gasteiger partial charge >= 0.3 is 5.69 Å². The summed E-state index contributed by atoms with van der Waals surface area (Å²) in [4.78, 5) is 47.2. The minimum absolute atomic E-state index is 0.0225. The summed E-state index contributed by atoms with van der Waals surface area (Å²) in [6, 6.07) is 8.32. The first-order valence-corrected chi connectivity index (χ1v) is 11.1. The molecular formula is C24H20N4O8. The number of fused-ring (bicyclic) bond motifs is 5. The number of imide groups is 1. The molecule has 184 valence electrons. The smallest absolute Gasteiger partial charge is 0.315 e. The molecule has 1 aliphatic heterocycles. The van der Waals surface area contributed by atoms with Crippen molar-refractivity contribution >= 4 is 29.4 Å². The van der Waals surface area contributed by atoms with Gasteiger partial charge in [-0.3, -0.25) is 29.8 Å². The number of rotatable bonds is 8. The second-order valence-corrected chi connectivity index (χ2v) is 8.78. The van der Waals surface area contributed by atoms with E-state index in [0.717, 1.165) is 11.4 Å². The van der Waals surface area contributed by atoms with Gasteiger partial charge in [-0.1, -0.05) is 24.3 Å². The van der Waals surface area contributed by atoms with Crippen molar-refractivity contribution in [2.45, 2.75) is 13.0 Å². The van der Waals surface area contributed by atoms with Gasteiger partial charge in [-0.15, -0.1) is 0 Å². The van der Waals surface area contributed by atoms with Crippen molar-refractivity contribution in [3.63, 3.8) is 0 Å². The van der Waals surface area contributed by atoms with E-state index in [-0.39, 0.29) is 53.0 Å². The van der Waals surface area contributed by atoms with Crippen molar-refractivity contribution in [1.29, 1.82) is 0 Å². The third-order valence-corrected chi connectivity index (χ3v) is 6.75. The van der Waals surface area contributed by atoms with E-state index < -0.39 is 27.4 Å². The lowest BCUT2D eigenvalue weighted by Crippen LogP contribution is -2.28. The molecule has 0 aromatic heterocycles. The van der Waals surface area contributed by atoms with Crippen molar-refractivity contribution in [2.75, 3.05) is 7.11 Å². The summed E-state index contributed by atoms with van der Waals surface area (Å²) in [6.45, 7) is -0.178. The molecule has 1 heterocycles. The Morgan fingerprint density at radius 3 is 2.36 bits per heavy atom. The van der Waals surface area contributed by atoms with Gasteiger partial charge < -0.3 is 9.47 Å². The van der Waals surface area contributed by atoms with E-state index in [4.69, 9.17) is 9.47 Å². The van der Waals surface area contributed by atoms with Crippen molar-refractivity contribution in [1.82, 2.24) is 5.01 Å². The van der Waals surface area contributed by atoms with Gasteiger partial charge in [0.05, 0.1) is 35.0 Å². The fraction of sp³-hybridized carbons (Fsp3) is 0.292. The predicted octanol–water partition coefficient (Wildman–Crippen LogP) is 3.23. The molecule has 0 unspecified atom stereocenters. The van der Waals surface area contributed by atoms with Crippen molar-refractivity contribution in [3.05, 3.63) is 79.9 Å². The molecule has 2 aromatic rings. The van der Waals surface area contributed by atoms with E-state index in [1.165, 1.54) is 43.7 Å². The number of nitro groups is 2. The second kappa shape index (κ2) is 8.87. The number of benzene rings is 2. The lowest BCUT2D eigenvalue weighted by atomic mass is 9.85. The number of hydrogen-bond acceptors (Lipinski definition) is 9. The normalized spacial score (nSPS) is 24.0. The van der Waals surface area contributed by atoms with Crippen molar-refractivity contribution in [2.24, 2.45) is 28.8 Å². The van der Waals surface area contributed by atoms with Crippen molar-refractivity contribution in [3.8, 4) is 11.5 Å². The maximum absolute atomic E-state index is 12.8. The fourth-order valence-electron chi connectivity index (χ4n) is 5.16. The summed E-state index contributed by atoms with van der Waals surface area (Å²) in [5, 5.41) is 27.7. The van der Waals surface area contributed by atoms with Crippen LogP contribution >= 0.6 is 0 Å². The standard InChI is InChI=1S/C24H20N4O8/c1-35-19-9-14(11-25-26-23(29)20-15-5-6-16(10-15)21(20)24(26)30)8-18(28(33)34)22(19)36-12-13-3-2-4-17(7-13)27(31)32/h2-9,11,15-16,20-21H,10,12H2,1H3/t15-,16-,20-,21+/m0/s1. The Labute approximate surface area is 204 Å². The Balaban J connectivity index is 1.39. The number of allylic oxidation sites excluding steroid dienone is 2. The molecule has 1 saturated heterocycles. The molecule has 4 atom stereocenters. The Morgan fingerprint density at radius 2 is 1.75 bits per heavy atom. The molecule has 0 spiro atoms. The van der Waals surface area contributed by atoms with E-state index in [2.05, 4.69) is 5.10 Å². The summed E-state index contributed by atoms with van der Waals surface area (Å²) in [6.07, 6.45) is 5.95. The Bertz CT molecular complexity index is 1320. The van der Waals surface area contributed by atoms with E-state index in [1.807, 2.05) is 12.2 Å². The fourth-order valence-corrected chi connectivity index (χ4v) is 5.16. The molecule has 2 aromatic carbocycles. The highest BCUT2D eigenvalue weighted by molar-refractivity contribution is 6.06. The van der Waals surface area contributed by atoms with E-state index >= 15 is 0 Å². The molecule has 2 amide bonds. The number of hydrazone groups is 1. The van der Waals surface area contributed by atoms with E-state index in [0.29, 0.717) is 5.56 Å². The summed E-state index contributed by atoms with van der Waals surface area (Å²) in [5.41, 5.74) is 0.0914. The quantitative estimate of drug-likeness (QED) is 0.179. The molecule has 2 aliphatic carbocycles. The molecule has 3 aliphatic rings. The van der Waals surface area contributed by atoms with Crippen molar-refractivity contribution < 1.29 is 28.9 Å². The number of ether oxygens (including phenoxy) is 2. The van der Waals surface area contributed by atoms with Crippen LogP contribution in [0, 0.1) is 43.9 Å². The number of amides is 2. The van der Waals surface area contributed by atoms with Crippen LogP contribution in [0.3, 0.4) is 0 Å². The summed E-state index contributed by atoms with van der Waals surface area (Å²) in [5.74, 6) is -1.60. The van der Waals surface area contributed by atoms with Crippen LogP contribution in [0.4, 0.5) is 11.4 Å². The van der Waals surface area contributed by atoms with Crippen LogP contribution in [-0.4, -0.2) is 40.0 Å². The number of carbonyl (C=O) groups is 2. The molecule has 1 saturated carbocycles. The zero-order valence-electron chi connectivity index (χ0n) is 19.0. The average Bonchev–Trinajstić information content (AvgIpc) is 3.55. The third kappa shape index (κ3) is 3.85. The third-order valence-electron chi connectivity index (χ3n) is 6.75. The molecule has 2 bridgehead atoms. The lowest BCUT2D eigenvalue weighted by molar-refractivity contribution is -0.386. The van der Waals surface area contributed by atoms with Crippen LogP contribution in [0.15, 0.2) is 53.7 Å². The second-order valence-electron chi connectivity index (χ2n) is 8.78. The number of nitrogens with zero attached hydrogens (tertiary/aromatic N) is 4. The zero-order chi connectivity index (χ0) is 25.6. The predicted molar refractivity (Wildman–Crippen MR) is 124 cm³/mol. The molecule has 12 heteroatoms. The number of nitro benzene ring substituents is 2. The highest BCUT2D eigenvalue weighted by Gasteiger charge is 2.59. The maximum Gasteiger partial charge on any atom is 0.315 e. The molecule has 2 fully saturated rings. The number of methoxy groups -OCH3 is 1. The van der Waals surface area contributed by atoms with Crippen LogP contribution in [0.2, 0.25) is 0 Å². The topological polar surface area (TPSA) is 154 Å². The van der Waals surface area contributed by atoms with Crippen LogP contribution in [0.1, 0.15) is 17.5 Å². The van der Waals surface area contributed by atoms with E-state index in [1.54, 1.807) is 6.07 Å². The summed E-state index contributed by atoms with van der Waals surface area (Å²) >= 11 is 0. The first kappa shape index (κ1) is 23.1. The van der Waals surface area contributed by atoms with Gasteiger partial charge in [-0.2, -0.15) is 10.1 Å². The zero-order valence-corrected chi connectivity index (χ0v) is 19.0. The van der Waals surface area contributed by atoms with E-state index in [9.17, 15) is 29.8 Å². The molecule has 12 nitrogen and oxygen atoms in total. The van der Waals surface area contributed by atoms with Gasteiger partial charge in [0.15, 0.2) is 5.75 Å². The molecular weight excluding hydrogens is 472 g/mol. The molecule has 0 radical (unpaired) electrons. The lowest BCUT2D eigenvalue weighted by Gasteiger charge is -2.13.